The van der Waals surface area contributed by atoms with Crippen molar-refractivity contribution in [3.05, 3.63) is 81.8 Å². The summed E-state index contributed by atoms with van der Waals surface area (Å²) in [5.41, 5.74) is 6.28. The van der Waals surface area contributed by atoms with Crippen LogP contribution in [0.15, 0.2) is 60.7 Å². The first-order valence-corrected chi connectivity index (χ1v) is 14.7. The molecular weight excluding hydrogens is 573 g/mol. The predicted molar refractivity (Wildman–Crippen MR) is 170 cm³/mol. The molecule has 0 spiro atoms. The number of nitrogens with one attached hydrogen (secondary N) is 1. The maximum Gasteiger partial charge on any atom is 0.218 e. The van der Waals surface area contributed by atoms with E-state index in [-0.39, 0.29) is 25.2 Å². The fraction of sp³-hybridized carbons (Fsp3) is 0.333. The van der Waals surface area contributed by atoms with E-state index in [1.54, 1.807) is 14.2 Å². The number of nitrogens with zero attached hydrogens (tertiary/aromatic N) is 2. The molecule has 2 atom stereocenters. The molecule has 2 aromatic carbocycles. The van der Waals surface area contributed by atoms with Crippen molar-refractivity contribution in [2.45, 2.75) is 38.6 Å². The van der Waals surface area contributed by atoms with Crippen LogP contribution in [0.2, 0.25) is 10.0 Å². The molecular formula is C33H37Cl2N3O4. The molecule has 7 nitrogen and oxygen atoms in total. The van der Waals surface area contributed by atoms with Crippen molar-refractivity contribution >= 4 is 23.2 Å². The van der Waals surface area contributed by atoms with Crippen LogP contribution in [0.5, 0.6) is 11.8 Å². The Balaban J connectivity index is 1.72. The van der Waals surface area contributed by atoms with Gasteiger partial charge in [0.1, 0.15) is 0 Å². The van der Waals surface area contributed by atoms with Gasteiger partial charge in [-0.15, -0.1) is 0 Å². The van der Waals surface area contributed by atoms with E-state index >= 15 is 0 Å². The molecule has 0 unspecified atom stereocenters. The van der Waals surface area contributed by atoms with E-state index in [2.05, 4.69) is 12.2 Å². The van der Waals surface area contributed by atoms with Gasteiger partial charge >= 0.3 is 0 Å². The van der Waals surface area contributed by atoms with Crippen LogP contribution in [0.1, 0.15) is 49.8 Å². The number of halogens is 2. The van der Waals surface area contributed by atoms with Crippen LogP contribution in [-0.4, -0.2) is 54.2 Å². The third-order valence-electron chi connectivity index (χ3n) is 7.36. The van der Waals surface area contributed by atoms with E-state index in [0.29, 0.717) is 46.2 Å². The van der Waals surface area contributed by atoms with Gasteiger partial charge in [-0.2, -0.15) is 0 Å². The molecule has 2 aromatic heterocycles. The quantitative estimate of drug-likeness (QED) is 0.146. The highest BCUT2D eigenvalue weighted by Crippen LogP contribution is 2.43. The number of aliphatic hydroxyl groups is 2. The maximum atomic E-state index is 9.22. The van der Waals surface area contributed by atoms with Gasteiger partial charge in [0.05, 0.1) is 42.3 Å². The Morgan fingerprint density at radius 3 is 1.71 bits per heavy atom. The summed E-state index contributed by atoms with van der Waals surface area (Å²) in [5, 5.41) is 22.7. The molecule has 0 amide bonds. The summed E-state index contributed by atoms with van der Waals surface area (Å²) in [6, 6.07) is 19.4. The molecule has 3 N–H and O–H groups in total. The van der Waals surface area contributed by atoms with E-state index in [9.17, 15) is 5.11 Å². The van der Waals surface area contributed by atoms with Crippen molar-refractivity contribution in [3.63, 3.8) is 0 Å². The first-order valence-electron chi connectivity index (χ1n) is 14.0. The lowest BCUT2D eigenvalue weighted by atomic mass is 9.95. The molecule has 0 bridgehead atoms. The second kappa shape index (κ2) is 14.8. The highest BCUT2D eigenvalue weighted by atomic mass is 35.5. The summed E-state index contributed by atoms with van der Waals surface area (Å²) in [7, 11) is 3.20. The summed E-state index contributed by atoms with van der Waals surface area (Å²) in [6.07, 6.45) is 1.55. The van der Waals surface area contributed by atoms with Crippen LogP contribution in [0.4, 0.5) is 0 Å². The molecule has 9 heteroatoms. The van der Waals surface area contributed by atoms with Crippen LogP contribution < -0.4 is 14.8 Å². The van der Waals surface area contributed by atoms with Gasteiger partial charge in [-0.3, -0.25) is 0 Å². The topological polar surface area (TPSA) is 96.7 Å². The minimum Gasteiger partial charge on any atom is -0.481 e. The van der Waals surface area contributed by atoms with Crippen LogP contribution in [-0.2, 0) is 0 Å². The summed E-state index contributed by atoms with van der Waals surface area (Å²) >= 11 is 14.1. The number of hydrogen-bond acceptors (Lipinski definition) is 7. The summed E-state index contributed by atoms with van der Waals surface area (Å²) in [5.74, 6) is 1.23. The van der Waals surface area contributed by atoms with Crippen molar-refractivity contribution in [2.24, 2.45) is 0 Å². The number of ether oxygens (including phenoxy) is 2. The fourth-order valence-corrected chi connectivity index (χ4v) is 5.70. The lowest BCUT2D eigenvalue weighted by Crippen LogP contribution is -2.22. The molecule has 222 valence electrons. The summed E-state index contributed by atoms with van der Waals surface area (Å²) < 4.78 is 11.2. The van der Waals surface area contributed by atoms with Gasteiger partial charge in [0.2, 0.25) is 11.8 Å². The second-order valence-corrected chi connectivity index (χ2v) is 10.8. The zero-order valence-corrected chi connectivity index (χ0v) is 25.8. The molecule has 0 saturated heterocycles. The molecule has 0 aliphatic rings. The highest BCUT2D eigenvalue weighted by molar-refractivity contribution is 6.39. The SMILES string of the molecule is COc1nc(-c2cccc(-c3cccc(-c4ccc([C@@H](C)NCCO)c(OC)n4)c3Cl)c2Cl)ccc1[C@@H](C)CCCO. The van der Waals surface area contributed by atoms with Crippen molar-refractivity contribution in [1.82, 2.24) is 15.3 Å². The molecule has 0 aliphatic carbocycles. The number of hydrogen-bond donors (Lipinski definition) is 3. The Labute approximate surface area is 257 Å². The smallest absolute Gasteiger partial charge is 0.218 e. The molecule has 4 aromatic rings. The third-order valence-corrected chi connectivity index (χ3v) is 8.18. The van der Waals surface area contributed by atoms with Gasteiger partial charge in [-0.05, 0) is 43.9 Å². The third kappa shape index (κ3) is 6.88. The van der Waals surface area contributed by atoms with Crippen molar-refractivity contribution < 1.29 is 19.7 Å². The van der Waals surface area contributed by atoms with Gasteiger partial charge in [-0.25, -0.2) is 9.97 Å². The standard InChI is InChI=1S/C33H37Cl2N3O4/c1-20(8-7-18-39)22-13-15-28(37-32(22)41-3)26-11-5-9-24(30(26)34)25-10-6-12-27(31(25)35)29-16-14-23(33(38-29)42-4)21(2)36-17-19-40/h5-6,9-16,20-21,36,39-40H,7-8,17-19H2,1-4H3/t20-,21+/m0/s1. The van der Waals surface area contributed by atoms with E-state index < -0.39 is 0 Å². The number of aliphatic hydroxyl groups excluding tert-OH is 2. The summed E-state index contributed by atoms with van der Waals surface area (Å²) in [4.78, 5) is 9.54. The minimum atomic E-state index is -0.0537. The Morgan fingerprint density at radius 2 is 1.21 bits per heavy atom. The number of aromatic nitrogens is 2. The van der Waals surface area contributed by atoms with Gasteiger partial charge in [0.25, 0.3) is 0 Å². The fourth-order valence-electron chi connectivity index (χ4n) is 5.05. The van der Waals surface area contributed by atoms with Gasteiger partial charge in [0, 0.05) is 52.6 Å². The van der Waals surface area contributed by atoms with Crippen molar-refractivity contribution in [3.8, 4) is 45.4 Å². The zero-order chi connectivity index (χ0) is 30.2. The molecule has 4 rings (SSSR count). The van der Waals surface area contributed by atoms with E-state index in [0.717, 1.165) is 39.8 Å². The predicted octanol–water partition coefficient (Wildman–Crippen LogP) is 7.32. The van der Waals surface area contributed by atoms with Crippen LogP contribution >= 0.6 is 23.2 Å². The van der Waals surface area contributed by atoms with E-state index in [4.69, 9.17) is 47.8 Å². The molecule has 42 heavy (non-hydrogen) atoms. The number of benzene rings is 2. The molecule has 0 aliphatic heterocycles. The Morgan fingerprint density at radius 1 is 0.714 bits per heavy atom. The number of rotatable bonds is 13. The highest BCUT2D eigenvalue weighted by Gasteiger charge is 2.20. The van der Waals surface area contributed by atoms with Crippen LogP contribution in [0.25, 0.3) is 33.6 Å². The van der Waals surface area contributed by atoms with Crippen molar-refractivity contribution in [1.29, 1.82) is 0 Å². The average Bonchev–Trinajstić information content (AvgIpc) is 3.02. The molecule has 0 radical (unpaired) electrons. The van der Waals surface area contributed by atoms with E-state index in [1.165, 1.54) is 0 Å². The maximum absolute atomic E-state index is 9.22. The lowest BCUT2D eigenvalue weighted by molar-refractivity contribution is 0.280. The normalized spacial score (nSPS) is 12.7. The Hall–Kier alpha value is -3.20. The van der Waals surface area contributed by atoms with Crippen molar-refractivity contribution in [2.75, 3.05) is 34.0 Å². The van der Waals surface area contributed by atoms with Crippen LogP contribution in [0.3, 0.4) is 0 Å². The lowest BCUT2D eigenvalue weighted by Gasteiger charge is -2.18. The number of pyridine rings is 2. The van der Waals surface area contributed by atoms with Crippen LogP contribution in [0, 0.1) is 0 Å². The monoisotopic (exact) mass is 609 g/mol. The first kappa shape index (κ1) is 31.7. The first-order chi connectivity index (χ1) is 20.3. The Bertz CT molecular complexity index is 1400. The van der Waals surface area contributed by atoms with Gasteiger partial charge < -0.3 is 25.0 Å². The Kier molecular flexibility index (Phi) is 11.2. The average molecular weight is 611 g/mol. The zero-order valence-electron chi connectivity index (χ0n) is 24.3. The number of methoxy groups -OCH3 is 2. The largest absolute Gasteiger partial charge is 0.481 e. The minimum absolute atomic E-state index is 0.0455. The van der Waals surface area contributed by atoms with E-state index in [1.807, 2.05) is 67.6 Å². The molecule has 2 heterocycles. The second-order valence-electron chi connectivity index (χ2n) is 10.1. The summed E-state index contributed by atoms with van der Waals surface area (Å²) in [6.45, 7) is 4.76. The molecule has 0 fully saturated rings. The molecule has 0 saturated carbocycles. The van der Waals surface area contributed by atoms with Gasteiger partial charge in [0.15, 0.2) is 0 Å². The van der Waals surface area contributed by atoms with Gasteiger partial charge in [-0.1, -0.05) is 72.6 Å².